The number of nitrogens with one attached hydrogen (secondary N) is 1. The van der Waals surface area contributed by atoms with Crippen molar-refractivity contribution in [3.8, 4) is 0 Å². The van der Waals surface area contributed by atoms with E-state index in [0.717, 1.165) is 5.56 Å². The van der Waals surface area contributed by atoms with Crippen molar-refractivity contribution in [1.82, 2.24) is 9.79 Å². The fourth-order valence-corrected chi connectivity index (χ4v) is 5.60. The summed E-state index contributed by atoms with van der Waals surface area (Å²) in [4.78, 5) is 6.07. The maximum Gasteiger partial charge on any atom is 0.243 e. The molecule has 128 valence electrons. The van der Waals surface area contributed by atoms with Crippen molar-refractivity contribution in [2.45, 2.75) is 57.2 Å². The first-order valence-electron chi connectivity index (χ1n) is 8.16. The van der Waals surface area contributed by atoms with Crippen molar-refractivity contribution < 1.29 is 13.3 Å². The van der Waals surface area contributed by atoms with Crippen LogP contribution in [-0.4, -0.2) is 37.0 Å². The normalized spacial score (nSPS) is 30.8. The maximum atomic E-state index is 13.2. The minimum absolute atomic E-state index is 0.0326. The Balaban J connectivity index is 1.99. The molecule has 1 aromatic rings. The summed E-state index contributed by atoms with van der Waals surface area (Å²) in [6, 6.07) is 7.02. The molecule has 0 bridgehead atoms. The van der Waals surface area contributed by atoms with Gasteiger partial charge in [-0.25, -0.2) is 8.42 Å². The van der Waals surface area contributed by atoms with Gasteiger partial charge in [-0.15, -0.1) is 0 Å². The van der Waals surface area contributed by atoms with Crippen LogP contribution >= 0.6 is 0 Å². The van der Waals surface area contributed by atoms with E-state index in [4.69, 9.17) is 4.84 Å². The summed E-state index contributed by atoms with van der Waals surface area (Å²) in [5.74, 6) is 0.352. The third kappa shape index (κ3) is 2.71. The molecule has 1 N–H and O–H groups in total. The molecule has 2 aliphatic heterocycles. The first-order chi connectivity index (χ1) is 10.6. The Morgan fingerprint density at radius 2 is 1.87 bits per heavy atom. The van der Waals surface area contributed by atoms with Crippen LogP contribution in [-0.2, 0) is 14.9 Å². The topological polar surface area (TPSA) is 58.6 Å². The summed E-state index contributed by atoms with van der Waals surface area (Å²) in [5.41, 5.74) is 3.79. The zero-order valence-corrected chi connectivity index (χ0v) is 15.2. The van der Waals surface area contributed by atoms with Gasteiger partial charge in [0.25, 0.3) is 0 Å². The first-order valence-corrected chi connectivity index (χ1v) is 9.60. The lowest BCUT2D eigenvalue weighted by Crippen LogP contribution is -2.46. The fraction of sp³-hybridized carbons (Fsp3) is 0.647. The SMILES string of the molecule is Cc1ccc(S(=O)(=O)N2C[C@@H]3[C@@H](NOC3(C)C)[C@@H]2C(C)C)cc1. The molecule has 2 heterocycles. The predicted octanol–water partition coefficient (Wildman–Crippen LogP) is 2.32. The molecule has 0 unspecified atom stereocenters. The highest BCUT2D eigenvalue weighted by atomic mass is 32.2. The number of fused-ring (bicyclic) bond motifs is 1. The number of hydrogen-bond acceptors (Lipinski definition) is 4. The Labute approximate surface area is 139 Å². The molecule has 0 aromatic heterocycles. The maximum absolute atomic E-state index is 13.2. The predicted molar refractivity (Wildman–Crippen MR) is 89.3 cm³/mol. The molecule has 2 saturated heterocycles. The lowest BCUT2D eigenvalue weighted by Gasteiger charge is -2.30. The minimum atomic E-state index is -3.50. The molecule has 2 fully saturated rings. The summed E-state index contributed by atoms with van der Waals surface area (Å²) in [6.07, 6.45) is 0. The van der Waals surface area contributed by atoms with E-state index in [-0.39, 0.29) is 29.5 Å². The second kappa shape index (κ2) is 5.55. The van der Waals surface area contributed by atoms with Crippen molar-refractivity contribution in [1.29, 1.82) is 0 Å². The van der Waals surface area contributed by atoms with Crippen LogP contribution in [0.25, 0.3) is 0 Å². The van der Waals surface area contributed by atoms with Gasteiger partial charge < -0.3 is 0 Å². The number of nitrogens with zero attached hydrogens (tertiary/aromatic N) is 1. The van der Waals surface area contributed by atoms with E-state index >= 15 is 0 Å². The lowest BCUT2D eigenvalue weighted by atomic mass is 9.84. The Hall–Kier alpha value is -0.950. The van der Waals surface area contributed by atoms with Crippen LogP contribution in [0.4, 0.5) is 0 Å². The molecule has 0 spiro atoms. The van der Waals surface area contributed by atoms with Crippen molar-refractivity contribution >= 4 is 10.0 Å². The van der Waals surface area contributed by atoms with Crippen molar-refractivity contribution in [2.24, 2.45) is 11.8 Å². The molecular weight excluding hydrogens is 312 g/mol. The highest BCUT2D eigenvalue weighted by Gasteiger charge is 2.57. The van der Waals surface area contributed by atoms with Crippen LogP contribution in [0, 0.1) is 18.8 Å². The largest absolute Gasteiger partial charge is 0.295 e. The summed E-state index contributed by atoms with van der Waals surface area (Å²) in [5, 5.41) is 0. The smallest absolute Gasteiger partial charge is 0.243 e. The van der Waals surface area contributed by atoms with Crippen LogP contribution in [0.2, 0.25) is 0 Å². The van der Waals surface area contributed by atoms with E-state index < -0.39 is 10.0 Å². The molecule has 6 heteroatoms. The van der Waals surface area contributed by atoms with E-state index in [1.807, 2.05) is 32.9 Å². The summed E-state index contributed by atoms with van der Waals surface area (Å²) >= 11 is 0. The van der Waals surface area contributed by atoms with Gasteiger partial charge in [0.15, 0.2) is 0 Å². The molecule has 23 heavy (non-hydrogen) atoms. The summed E-state index contributed by atoms with van der Waals surface area (Å²) in [7, 11) is -3.50. The fourth-order valence-electron chi connectivity index (χ4n) is 3.80. The van der Waals surface area contributed by atoms with Crippen molar-refractivity contribution in [3.05, 3.63) is 29.8 Å². The molecule has 2 aliphatic rings. The van der Waals surface area contributed by atoms with Gasteiger partial charge >= 0.3 is 0 Å². The van der Waals surface area contributed by atoms with Crippen LogP contribution in [0.15, 0.2) is 29.2 Å². The van der Waals surface area contributed by atoms with Crippen molar-refractivity contribution in [2.75, 3.05) is 6.54 Å². The van der Waals surface area contributed by atoms with E-state index in [0.29, 0.717) is 11.4 Å². The number of hydrogen-bond donors (Lipinski definition) is 1. The highest BCUT2D eigenvalue weighted by Crippen LogP contribution is 2.43. The van der Waals surface area contributed by atoms with Gasteiger partial charge in [-0.2, -0.15) is 9.79 Å². The van der Waals surface area contributed by atoms with Crippen LogP contribution < -0.4 is 5.48 Å². The molecule has 3 atom stereocenters. The van der Waals surface area contributed by atoms with Gasteiger partial charge in [0, 0.05) is 18.5 Å². The van der Waals surface area contributed by atoms with E-state index in [1.165, 1.54) is 0 Å². The monoisotopic (exact) mass is 338 g/mol. The molecule has 0 radical (unpaired) electrons. The van der Waals surface area contributed by atoms with Gasteiger partial charge in [-0.3, -0.25) is 4.84 Å². The van der Waals surface area contributed by atoms with Gasteiger partial charge in [0.2, 0.25) is 10.0 Å². The van der Waals surface area contributed by atoms with E-state index in [9.17, 15) is 8.42 Å². The number of aryl methyl sites for hydroxylation is 1. The van der Waals surface area contributed by atoms with Gasteiger partial charge in [0.05, 0.1) is 16.5 Å². The zero-order chi connectivity index (χ0) is 17.0. The molecular formula is C17H26N2O3S. The van der Waals surface area contributed by atoms with Gasteiger partial charge in [0.1, 0.15) is 0 Å². The lowest BCUT2D eigenvalue weighted by molar-refractivity contribution is -0.0538. The minimum Gasteiger partial charge on any atom is -0.295 e. The summed E-state index contributed by atoms with van der Waals surface area (Å²) < 4.78 is 28.0. The molecule has 5 nitrogen and oxygen atoms in total. The Kier molecular flexibility index (Phi) is 4.08. The third-order valence-corrected chi connectivity index (χ3v) is 7.05. The zero-order valence-electron chi connectivity index (χ0n) is 14.4. The molecule has 0 saturated carbocycles. The van der Waals surface area contributed by atoms with Crippen molar-refractivity contribution in [3.63, 3.8) is 0 Å². The second-order valence-electron chi connectivity index (χ2n) is 7.58. The van der Waals surface area contributed by atoms with Gasteiger partial charge in [-0.05, 0) is 38.8 Å². The quantitative estimate of drug-likeness (QED) is 0.919. The first kappa shape index (κ1) is 16.9. The number of benzene rings is 1. The Bertz CT molecular complexity index is 682. The van der Waals surface area contributed by atoms with E-state index in [1.54, 1.807) is 16.4 Å². The third-order valence-electron chi connectivity index (χ3n) is 5.17. The van der Waals surface area contributed by atoms with Gasteiger partial charge in [-0.1, -0.05) is 31.5 Å². The highest BCUT2D eigenvalue weighted by molar-refractivity contribution is 7.89. The van der Waals surface area contributed by atoms with E-state index in [2.05, 4.69) is 19.3 Å². The molecule has 3 rings (SSSR count). The molecule has 1 aromatic carbocycles. The number of hydroxylamine groups is 1. The van der Waals surface area contributed by atoms with Crippen LogP contribution in [0.1, 0.15) is 33.3 Å². The summed E-state index contributed by atoms with van der Waals surface area (Å²) in [6.45, 7) is 10.6. The Morgan fingerprint density at radius 3 is 2.43 bits per heavy atom. The standard InChI is InChI=1S/C17H26N2O3S/c1-11(2)16-15-14(17(4,5)22-18-15)10-19(16)23(20,21)13-8-6-12(3)7-9-13/h6-9,11,14-16,18H,10H2,1-5H3/t14-,15-,16+/m1/s1. The van der Waals surface area contributed by atoms with Crippen LogP contribution in [0.5, 0.6) is 0 Å². The number of rotatable bonds is 3. The average Bonchev–Trinajstić information content (AvgIpc) is 2.98. The second-order valence-corrected chi connectivity index (χ2v) is 9.47. The Morgan fingerprint density at radius 1 is 1.26 bits per heavy atom. The molecule has 0 aliphatic carbocycles. The average molecular weight is 338 g/mol. The molecule has 0 amide bonds. The number of sulfonamides is 1. The van der Waals surface area contributed by atoms with Crippen LogP contribution in [0.3, 0.4) is 0 Å².